The first-order valence-electron chi connectivity index (χ1n) is 9.96. The Kier molecular flexibility index (Phi) is 8.13. The molecule has 2 aliphatic rings. The van der Waals surface area contributed by atoms with Gasteiger partial charge in [0.1, 0.15) is 11.8 Å². The van der Waals surface area contributed by atoms with Gasteiger partial charge in [0.05, 0.1) is 7.11 Å². The Balaban J connectivity index is 0.00000280. The highest BCUT2D eigenvalue weighted by atomic mass is 35.5. The maximum absolute atomic E-state index is 12.7. The first kappa shape index (κ1) is 22.5. The van der Waals surface area contributed by atoms with Crippen molar-refractivity contribution < 1.29 is 14.3 Å². The fourth-order valence-electron chi connectivity index (χ4n) is 4.32. The lowest BCUT2D eigenvalue weighted by molar-refractivity contribution is -0.133. The third-order valence-corrected chi connectivity index (χ3v) is 6.05. The standard InChI is InChI=1S/C21H31N3O3.ClH/c1-27-17-7-5-16(6-8-17)14-24-12-9-18(20(24)26)23-19(25)13-21(15-22)10-3-2-4-11-21;/h5-8,18H,2-4,9-15,22H2,1H3,(H,23,25);1H. The van der Waals surface area contributed by atoms with Gasteiger partial charge in [-0.05, 0) is 48.9 Å². The molecule has 0 bridgehead atoms. The maximum atomic E-state index is 12.7. The zero-order chi connectivity index (χ0) is 19.3. The normalized spacial score (nSPS) is 21.1. The van der Waals surface area contributed by atoms with Crippen molar-refractivity contribution in [1.29, 1.82) is 0 Å². The molecule has 1 atom stereocenters. The molecule has 0 radical (unpaired) electrons. The van der Waals surface area contributed by atoms with Crippen LogP contribution in [-0.4, -0.2) is 43.0 Å². The molecule has 1 heterocycles. The minimum absolute atomic E-state index is 0. The molecule has 1 aliphatic heterocycles. The highest BCUT2D eigenvalue weighted by molar-refractivity contribution is 5.89. The molecule has 1 saturated carbocycles. The number of carbonyl (C=O) groups excluding carboxylic acids is 2. The van der Waals surface area contributed by atoms with E-state index in [4.69, 9.17) is 10.5 Å². The summed E-state index contributed by atoms with van der Waals surface area (Å²) in [6.07, 6.45) is 6.64. The molecule has 1 aromatic rings. The van der Waals surface area contributed by atoms with Crippen LogP contribution in [0.3, 0.4) is 0 Å². The minimum atomic E-state index is -0.408. The molecule has 3 rings (SSSR count). The van der Waals surface area contributed by atoms with Crippen LogP contribution in [0.25, 0.3) is 0 Å². The number of nitrogens with one attached hydrogen (secondary N) is 1. The van der Waals surface area contributed by atoms with Crippen LogP contribution in [0.4, 0.5) is 0 Å². The second-order valence-corrected chi connectivity index (χ2v) is 7.96. The van der Waals surface area contributed by atoms with Gasteiger partial charge < -0.3 is 20.7 Å². The van der Waals surface area contributed by atoms with Crippen LogP contribution in [0.2, 0.25) is 0 Å². The number of methoxy groups -OCH3 is 1. The summed E-state index contributed by atoms with van der Waals surface area (Å²) in [6, 6.07) is 7.31. The lowest BCUT2D eigenvalue weighted by Crippen LogP contribution is -2.44. The summed E-state index contributed by atoms with van der Waals surface area (Å²) in [5.74, 6) is 0.768. The Morgan fingerprint density at radius 2 is 1.93 bits per heavy atom. The Bertz CT molecular complexity index is 659. The van der Waals surface area contributed by atoms with E-state index in [0.29, 0.717) is 32.5 Å². The van der Waals surface area contributed by atoms with Gasteiger partial charge >= 0.3 is 0 Å². The summed E-state index contributed by atoms with van der Waals surface area (Å²) in [5, 5.41) is 2.96. The van der Waals surface area contributed by atoms with Gasteiger partial charge in [-0.1, -0.05) is 31.4 Å². The summed E-state index contributed by atoms with van der Waals surface area (Å²) in [5.41, 5.74) is 6.97. The van der Waals surface area contributed by atoms with Crippen LogP contribution in [0.5, 0.6) is 5.75 Å². The number of ether oxygens (including phenoxy) is 1. The summed E-state index contributed by atoms with van der Waals surface area (Å²) < 4.78 is 5.16. The number of hydrogen-bond acceptors (Lipinski definition) is 4. The number of rotatable bonds is 7. The molecule has 1 unspecified atom stereocenters. The zero-order valence-corrected chi connectivity index (χ0v) is 17.4. The van der Waals surface area contributed by atoms with Gasteiger partial charge in [0, 0.05) is 19.5 Å². The van der Waals surface area contributed by atoms with Crippen LogP contribution in [0.1, 0.15) is 50.5 Å². The highest BCUT2D eigenvalue weighted by Gasteiger charge is 2.36. The van der Waals surface area contributed by atoms with Crippen LogP contribution in [0.15, 0.2) is 24.3 Å². The second kappa shape index (κ2) is 10.1. The van der Waals surface area contributed by atoms with Gasteiger partial charge in [-0.25, -0.2) is 0 Å². The van der Waals surface area contributed by atoms with Gasteiger partial charge in [-0.2, -0.15) is 0 Å². The molecule has 156 valence electrons. The number of benzene rings is 1. The quantitative estimate of drug-likeness (QED) is 0.725. The molecule has 2 fully saturated rings. The van der Waals surface area contributed by atoms with Gasteiger partial charge in [-0.3, -0.25) is 9.59 Å². The molecular weight excluding hydrogens is 378 g/mol. The SMILES string of the molecule is COc1ccc(CN2CCC(NC(=O)CC3(CN)CCCCC3)C2=O)cc1.Cl. The topological polar surface area (TPSA) is 84.7 Å². The summed E-state index contributed by atoms with van der Waals surface area (Å²) in [6.45, 7) is 1.77. The Hall–Kier alpha value is -1.79. The van der Waals surface area contributed by atoms with E-state index < -0.39 is 6.04 Å². The van der Waals surface area contributed by atoms with Gasteiger partial charge in [0.25, 0.3) is 0 Å². The predicted octanol–water partition coefficient (Wildman–Crippen LogP) is 2.63. The lowest BCUT2D eigenvalue weighted by atomic mass is 9.71. The third-order valence-electron chi connectivity index (χ3n) is 6.05. The van der Waals surface area contributed by atoms with E-state index in [0.717, 1.165) is 37.0 Å². The van der Waals surface area contributed by atoms with Crippen molar-refractivity contribution in [3.05, 3.63) is 29.8 Å². The molecule has 7 heteroatoms. The second-order valence-electron chi connectivity index (χ2n) is 7.96. The first-order chi connectivity index (χ1) is 13.0. The predicted molar refractivity (Wildman–Crippen MR) is 111 cm³/mol. The van der Waals surface area contributed by atoms with Crippen molar-refractivity contribution >= 4 is 24.2 Å². The number of carbonyl (C=O) groups is 2. The molecule has 3 N–H and O–H groups in total. The van der Waals surface area contributed by atoms with Gasteiger partial charge in [0.15, 0.2) is 0 Å². The monoisotopic (exact) mass is 409 g/mol. The summed E-state index contributed by atoms with van der Waals surface area (Å²) >= 11 is 0. The van der Waals surface area contributed by atoms with E-state index in [1.165, 1.54) is 6.42 Å². The third kappa shape index (κ3) is 5.39. The van der Waals surface area contributed by atoms with Crippen molar-refractivity contribution in [2.45, 2.75) is 57.5 Å². The van der Waals surface area contributed by atoms with Gasteiger partial charge in [-0.15, -0.1) is 12.4 Å². The Labute approximate surface area is 173 Å². The average Bonchev–Trinajstić information content (AvgIpc) is 3.02. The number of amides is 2. The number of likely N-dealkylation sites (tertiary alicyclic amines) is 1. The zero-order valence-electron chi connectivity index (χ0n) is 16.6. The van der Waals surface area contributed by atoms with E-state index in [1.54, 1.807) is 7.11 Å². The molecule has 1 aromatic carbocycles. The molecule has 0 aromatic heterocycles. The van der Waals surface area contributed by atoms with Crippen LogP contribution in [-0.2, 0) is 16.1 Å². The first-order valence-corrected chi connectivity index (χ1v) is 9.96. The molecule has 2 amide bonds. The van der Waals surface area contributed by atoms with Crippen LogP contribution in [0, 0.1) is 5.41 Å². The Morgan fingerprint density at radius 1 is 1.25 bits per heavy atom. The van der Waals surface area contributed by atoms with Crippen molar-refractivity contribution in [3.63, 3.8) is 0 Å². The summed E-state index contributed by atoms with van der Waals surface area (Å²) in [4.78, 5) is 27.0. The van der Waals surface area contributed by atoms with Crippen LogP contribution >= 0.6 is 12.4 Å². The number of hydrogen-bond donors (Lipinski definition) is 2. The van der Waals surface area contributed by atoms with Gasteiger partial charge in [0.2, 0.25) is 11.8 Å². The lowest BCUT2D eigenvalue weighted by Gasteiger charge is -2.35. The smallest absolute Gasteiger partial charge is 0.245 e. The van der Waals surface area contributed by atoms with E-state index in [9.17, 15) is 9.59 Å². The molecule has 28 heavy (non-hydrogen) atoms. The maximum Gasteiger partial charge on any atom is 0.245 e. The average molecular weight is 410 g/mol. The van der Waals surface area contributed by atoms with E-state index in [1.807, 2.05) is 29.2 Å². The summed E-state index contributed by atoms with van der Waals surface area (Å²) in [7, 11) is 1.63. The molecule has 6 nitrogen and oxygen atoms in total. The van der Waals surface area contributed by atoms with Crippen LogP contribution < -0.4 is 15.8 Å². The molecule has 1 aliphatic carbocycles. The molecule has 0 spiro atoms. The molecule has 1 saturated heterocycles. The number of nitrogens with zero attached hydrogens (tertiary/aromatic N) is 1. The van der Waals surface area contributed by atoms with E-state index >= 15 is 0 Å². The van der Waals surface area contributed by atoms with Crippen molar-refractivity contribution in [1.82, 2.24) is 10.2 Å². The fraction of sp³-hybridized carbons (Fsp3) is 0.619. The molecular formula is C21H32ClN3O3. The number of halogens is 1. The largest absolute Gasteiger partial charge is 0.497 e. The van der Waals surface area contributed by atoms with Crippen molar-refractivity contribution in [3.8, 4) is 5.75 Å². The fourth-order valence-corrected chi connectivity index (χ4v) is 4.32. The Morgan fingerprint density at radius 3 is 2.54 bits per heavy atom. The van der Waals surface area contributed by atoms with E-state index in [-0.39, 0.29) is 29.6 Å². The van der Waals surface area contributed by atoms with Crippen molar-refractivity contribution in [2.24, 2.45) is 11.1 Å². The minimum Gasteiger partial charge on any atom is -0.497 e. The van der Waals surface area contributed by atoms with Crippen molar-refractivity contribution in [2.75, 3.05) is 20.2 Å². The highest BCUT2D eigenvalue weighted by Crippen LogP contribution is 2.38. The van der Waals surface area contributed by atoms with E-state index in [2.05, 4.69) is 5.32 Å². The number of nitrogens with two attached hydrogens (primary N) is 1.